The second kappa shape index (κ2) is 3.13. The van der Waals surface area contributed by atoms with E-state index in [1.165, 1.54) is 0 Å². The van der Waals surface area contributed by atoms with Crippen molar-refractivity contribution in [3.8, 4) is 0 Å². The summed E-state index contributed by atoms with van der Waals surface area (Å²) in [5, 5.41) is 3.21. The second-order valence-electron chi connectivity index (χ2n) is 2.83. The zero-order valence-electron chi connectivity index (χ0n) is 6.79. The van der Waals surface area contributed by atoms with Gasteiger partial charge < -0.3 is 10.5 Å². The van der Waals surface area contributed by atoms with Crippen LogP contribution in [0.4, 0.5) is 5.69 Å². The molecule has 1 fully saturated rings. The van der Waals surface area contributed by atoms with E-state index in [1.54, 1.807) is 0 Å². The molecule has 12 heavy (non-hydrogen) atoms. The first-order valence-corrected chi connectivity index (χ1v) is 4.07. The number of nitrogens with one attached hydrogen (secondary N) is 1. The molecule has 0 aromatic heterocycles. The fourth-order valence-corrected chi connectivity index (χ4v) is 1.38. The minimum Gasteiger partial charge on any atom is -0.398 e. The van der Waals surface area contributed by atoms with Gasteiger partial charge in [0.05, 0.1) is 6.61 Å². The van der Waals surface area contributed by atoms with E-state index in [1.807, 2.05) is 24.3 Å². The number of nitrogens with two attached hydrogens (primary N) is 1. The molecule has 3 heteroatoms. The molecule has 0 amide bonds. The van der Waals surface area contributed by atoms with E-state index < -0.39 is 0 Å². The number of ether oxygens (including phenoxy) is 1. The molecule has 0 spiro atoms. The lowest BCUT2D eigenvalue weighted by molar-refractivity contribution is 0.103. The highest BCUT2D eigenvalue weighted by molar-refractivity contribution is 5.47. The molecule has 0 radical (unpaired) electrons. The van der Waals surface area contributed by atoms with E-state index in [0.717, 1.165) is 24.4 Å². The molecule has 3 nitrogen and oxygen atoms in total. The second-order valence-corrected chi connectivity index (χ2v) is 2.83. The number of benzene rings is 1. The third-order valence-corrected chi connectivity index (χ3v) is 1.99. The molecule has 3 N–H and O–H groups in total. The topological polar surface area (TPSA) is 47.3 Å². The van der Waals surface area contributed by atoms with Crippen LogP contribution in [0.2, 0.25) is 0 Å². The van der Waals surface area contributed by atoms with Crippen LogP contribution in [-0.2, 0) is 4.74 Å². The van der Waals surface area contributed by atoms with Gasteiger partial charge >= 0.3 is 0 Å². The summed E-state index contributed by atoms with van der Waals surface area (Å²) < 4.78 is 5.43. The highest BCUT2D eigenvalue weighted by Gasteiger charge is 2.17. The highest BCUT2D eigenvalue weighted by Crippen LogP contribution is 2.22. The van der Waals surface area contributed by atoms with Crippen LogP contribution >= 0.6 is 0 Å². The molecule has 2 rings (SSSR count). The van der Waals surface area contributed by atoms with Crippen LogP contribution in [-0.4, -0.2) is 13.2 Å². The Hall–Kier alpha value is -1.06. The van der Waals surface area contributed by atoms with Crippen LogP contribution in [0, 0.1) is 0 Å². The Morgan fingerprint density at radius 2 is 2.25 bits per heavy atom. The van der Waals surface area contributed by atoms with Crippen molar-refractivity contribution < 1.29 is 4.74 Å². The fourth-order valence-electron chi connectivity index (χ4n) is 1.38. The quantitative estimate of drug-likeness (QED) is 0.606. The van der Waals surface area contributed by atoms with Crippen LogP contribution in [0.15, 0.2) is 24.3 Å². The Morgan fingerprint density at radius 3 is 2.92 bits per heavy atom. The Bertz CT molecular complexity index is 269. The Morgan fingerprint density at radius 1 is 1.42 bits per heavy atom. The average molecular weight is 164 g/mol. The lowest BCUT2D eigenvalue weighted by Gasteiger charge is -2.11. The van der Waals surface area contributed by atoms with Crippen molar-refractivity contribution in [2.75, 3.05) is 18.9 Å². The predicted molar refractivity (Wildman–Crippen MR) is 47.6 cm³/mol. The molecule has 1 unspecified atom stereocenters. The van der Waals surface area contributed by atoms with Gasteiger partial charge in [0.25, 0.3) is 0 Å². The van der Waals surface area contributed by atoms with Crippen molar-refractivity contribution in [2.45, 2.75) is 6.23 Å². The molecule has 1 saturated heterocycles. The lowest BCUT2D eigenvalue weighted by atomic mass is 10.1. The molecule has 1 heterocycles. The smallest absolute Gasteiger partial charge is 0.136 e. The van der Waals surface area contributed by atoms with Gasteiger partial charge in [0.15, 0.2) is 0 Å². The number of rotatable bonds is 1. The number of nitrogen functional groups attached to an aromatic ring is 1. The maximum Gasteiger partial charge on any atom is 0.136 e. The first kappa shape index (κ1) is 7.58. The van der Waals surface area contributed by atoms with Crippen LogP contribution in [0.3, 0.4) is 0 Å². The molecule has 0 aliphatic carbocycles. The molecular formula is C9H12N2O. The number of para-hydroxylation sites is 1. The third-order valence-electron chi connectivity index (χ3n) is 1.99. The first-order chi connectivity index (χ1) is 5.88. The highest BCUT2D eigenvalue weighted by atomic mass is 16.5. The van der Waals surface area contributed by atoms with Crippen LogP contribution in [0.25, 0.3) is 0 Å². The van der Waals surface area contributed by atoms with Crippen molar-refractivity contribution in [3.05, 3.63) is 29.8 Å². The van der Waals surface area contributed by atoms with E-state index in [2.05, 4.69) is 5.32 Å². The molecule has 1 aliphatic heterocycles. The van der Waals surface area contributed by atoms with Gasteiger partial charge in [0.1, 0.15) is 6.23 Å². The van der Waals surface area contributed by atoms with Gasteiger partial charge in [-0.2, -0.15) is 0 Å². The molecule has 1 atom stereocenters. The minimum atomic E-state index is -0.00815. The van der Waals surface area contributed by atoms with E-state index in [-0.39, 0.29) is 6.23 Å². The van der Waals surface area contributed by atoms with E-state index in [9.17, 15) is 0 Å². The molecule has 64 valence electrons. The zero-order valence-corrected chi connectivity index (χ0v) is 6.79. The van der Waals surface area contributed by atoms with Gasteiger partial charge in [-0.25, -0.2) is 0 Å². The van der Waals surface area contributed by atoms with Gasteiger partial charge in [-0.15, -0.1) is 0 Å². The number of hydrogen-bond acceptors (Lipinski definition) is 3. The molecule has 0 bridgehead atoms. The van der Waals surface area contributed by atoms with Crippen LogP contribution in [0.5, 0.6) is 0 Å². The summed E-state index contributed by atoms with van der Waals surface area (Å²) in [4.78, 5) is 0. The maximum atomic E-state index is 5.78. The largest absolute Gasteiger partial charge is 0.398 e. The summed E-state index contributed by atoms with van der Waals surface area (Å²) in [6.07, 6.45) is -0.00815. The summed E-state index contributed by atoms with van der Waals surface area (Å²) in [6, 6.07) is 7.76. The van der Waals surface area contributed by atoms with Gasteiger partial charge in [-0.1, -0.05) is 18.2 Å². The third kappa shape index (κ3) is 1.29. The van der Waals surface area contributed by atoms with Gasteiger partial charge in [0, 0.05) is 17.8 Å². The summed E-state index contributed by atoms with van der Waals surface area (Å²) in [7, 11) is 0. The van der Waals surface area contributed by atoms with Crippen molar-refractivity contribution in [1.82, 2.24) is 5.32 Å². The van der Waals surface area contributed by atoms with Crippen molar-refractivity contribution >= 4 is 5.69 Å². The Labute approximate surface area is 71.5 Å². The average Bonchev–Trinajstić information content (AvgIpc) is 2.57. The van der Waals surface area contributed by atoms with E-state index in [4.69, 9.17) is 10.5 Å². The van der Waals surface area contributed by atoms with Crippen LogP contribution in [0.1, 0.15) is 11.8 Å². The van der Waals surface area contributed by atoms with Crippen molar-refractivity contribution in [3.63, 3.8) is 0 Å². The monoisotopic (exact) mass is 164 g/mol. The van der Waals surface area contributed by atoms with Gasteiger partial charge in [-0.05, 0) is 6.07 Å². The maximum absolute atomic E-state index is 5.78. The standard InChI is InChI=1S/C9H12N2O/c10-8-4-2-1-3-7(8)9-11-5-6-12-9/h1-4,9,11H,5-6,10H2. The van der Waals surface area contributed by atoms with E-state index >= 15 is 0 Å². The molecule has 1 aliphatic rings. The molecule has 1 aromatic carbocycles. The molecular weight excluding hydrogens is 152 g/mol. The van der Waals surface area contributed by atoms with E-state index in [0.29, 0.717) is 0 Å². The number of anilines is 1. The molecule has 1 aromatic rings. The fraction of sp³-hybridized carbons (Fsp3) is 0.333. The predicted octanol–water partition coefficient (Wildman–Crippen LogP) is 0.887. The Kier molecular flexibility index (Phi) is 1.98. The lowest BCUT2D eigenvalue weighted by Crippen LogP contribution is -2.15. The summed E-state index contributed by atoms with van der Waals surface area (Å²) in [5.41, 5.74) is 7.61. The van der Waals surface area contributed by atoms with Crippen molar-refractivity contribution in [1.29, 1.82) is 0 Å². The van der Waals surface area contributed by atoms with Gasteiger partial charge in [-0.3, -0.25) is 5.32 Å². The van der Waals surface area contributed by atoms with Gasteiger partial charge in [0.2, 0.25) is 0 Å². The zero-order chi connectivity index (χ0) is 8.39. The summed E-state index contributed by atoms with van der Waals surface area (Å²) >= 11 is 0. The number of hydrogen-bond donors (Lipinski definition) is 2. The SMILES string of the molecule is Nc1ccccc1C1NCCO1. The summed E-state index contributed by atoms with van der Waals surface area (Å²) in [6.45, 7) is 1.66. The Balaban J connectivity index is 2.26. The molecule has 0 saturated carbocycles. The van der Waals surface area contributed by atoms with Crippen LogP contribution < -0.4 is 11.1 Å². The first-order valence-electron chi connectivity index (χ1n) is 4.07. The van der Waals surface area contributed by atoms with Crippen molar-refractivity contribution in [2.24, 2.45) is 0 Å². The summed E-state index contributed by atoms with van der Waals surface area (Å²) in [5.74, 6) is 0. The minimum absolute atomic E-state index is 0.00815. The normalized spacial score (nSPS) is 22.8.